The third kappa shape index (κ3) is 2.73. The molecule has 0 spiro atoms. The van der Waals surface area contributed by atoms with E-state index in [1.54, 1.807) is 0 Å². The van der Waals surface area contributed by atoms with Crippen molar-refractivity contribution in [3.05, 3.63) is 27.7 Å². The molecule has 0 saturated heterocycles. The van der Waals surface area contributed by atoms with Crippen molar-refractivity contribution in [2.45, 2.75) is 13.8 Å². The Hall–Kier alpha value is -1.03. The normalized spacial score (nSPS) is 9.93. The van der Waals surface area contributed by atoms with Gasteiger partial charge in [-0.1, -0.05) is 6.07 Å². The van der Waals surface area contributed by atoms with Gasteiger partial charge >= 0.3 is 0 Å². The number of rotatable bonds is 3. The first-order valence-electron chi connectivity index (χ1n) is 4.29. The number of hydrogen-bond donors (Lipinski definition) is 2. The van der Waals surface area contributed by atoms with Crippen LogP contribution in [-0.2, 0) is 4.79 Å². The summed E-state index contributed by atoms with van der Waals surface area (Å²) in [6.07, 6.45) is 0. The van der Waals surface area contributed by atoms with Crippen molar-refractivity contribution in [3.63, 3.8) is 0 Å². The van der Waals surface area contributed by atoms with Crippen molar-refractivity contribution in [2.24, 2.45) is 5.73 Å². The van der Waals surface area contributed by atoms with E-state index in [1.165, 1.54) is 5.56 Å². The number of halogens is 1. The number of amides is 1. The summed E-state index contributed by atoms with van der Waals surface area (Å²) in [6.45, 7) is 4.17. The molecule has 14 heavy (non-hydrogen) atoms. The van der Waals surface area contributed by atoms with Crippen molar-refractivity contribution >= 4 is 27.5 Å². The standard InChI is InChI=1S/C10H13BrN2O/c1-6-3-7(2)10(8(11)4-6)13-5-9(12)14/h3-4,13H,5H2,1-2H3,(H2,12,14). The van der Waals surface area contributed by atoms with Crippen molar-refractivity contribution in [1.29, 1.82) is 0 Å². The third-order valence-electron chi connectivity index (χ3n) is 1.87. The van der Waals surface area contributed by atoms with Crippen molar-refractivity contribution < 1.29 is 4.79 Å². The van der Waals surface area contributed by atoms with Gasteiger partial charge in [-0.3, -0.25) is 4.79 Å². The molecule has 4 heteroatoms. The molecule has 0 aliphatic heterocycles. The minimum Gasteiger partial charge on any atom is -0.375 e. The highest BCUT2D eigenvalue weighted by molar-refractivity contribution is 9.10. The number of nitrogens with one attached hydrogen (secondary N) is 1. The van der Waals surface area contributed by atoms with Gasteiger partial charge < -0.3 is 11.1 Å². The molecule has 76 valence electrons. The Labute approximate surface area is 91.8 Å². The number of anilines is 1. The van der Waals surface area contributed by atoms with Crippen LogP contribution in [0.4, 0.5) is 5.69 Å². The Morgan fingerprint density at radius 3 is 2.64 bits per heavy atom. The van der Waals surface area contributed by atoms with E-state index in [4.69, 9.17) is 5.73 Å². The second kappa shape index (κ2) is 4.46. The van der Waals surface area contributed by atoms with Crippen LogP contribution in [-0.4, -0.2) is 12.5 Å². The first-order chi connectivity index (χ1) is 6.50. The SMILES string of the molecule is Cc1cc(C)c(NCC(N)=O)c(Br)c1. The van der Waals surface area contributed by atoms with E-state index < -0.39 is 0 Å². The minimum atomic E-state index is -0.364. The Kier molecular flexibility index (Phi) is 3.52. The Balaban J connectivity index is 2.91. The molecule has 1 aromatic rings. The predicted molar refractivity (Wildman–Crippen MR) is 61.3 cm³/mol. The topological polar surface area (TPSA) is 55.1 Å². The molecular formula is C10H13BrN2O. The quantitative estimate of drug-likeness (QED) is 0.869. The maximum Gasteiger partial charge on any atom is 0.236 e. The average Bonchev–Trinajstić information content (AvgIpc) is 2.01. The third-order valence-corrected chi connectivity index (χ3v) is 2.50. The molecule has 0 saturated carbocycles. The average molecular weight is 257 g/mol. The van der Waals surface area contributed by atoms with E-state index in [9.17, 15) is 4.79 Å². The Morgan fingerprint density at radius 1 is 1.50 bits per heavy atom. The number of carbonyl (C=O) groups excluding carboxylic acids is 1. The van der Waals surface area contributed by atoms with Crippen molar-refractivity contribution in [2.75, 3.05) is 11.9 Å². The molecule has 1 aromatic carbocycles. The molecule has 0 atom stereocenters. The summed E-state index contributed by atoms with van der Waals surface area (Å²) in [5.74, 6) is -0.364. The zero-order valence-electron chi connectivity index (χ0n) is 8.23. The molecule has 3 N–H and O–H groups in total. The summed E-state index contributed by atoms with van der Waals surface area (Å²) in [4.78, 5) is 10.6. The van der Waals surface area contributed by atoms with Gasteiger partial charge in [0, 0.05) is 4.47 Å². The summed E-state index contributed by atoms with van der Waals surface area (Å²) in [5.41, 5.74) is 8.25. The van der Waals surface area contributed by atoms with E-state index in [0.29, 0.717) is 0 Å². The zero-order valence-corrected chi connectivity index (χ0v) is 9.81. The number of benzene rings is 1. The lowest BCUT2D eigenvalue weighted by Crippen LogP contribution is -2.22. The van der Waals surface area contributed by atoms with Gasteiger partial charge in [0.25, 0.3) is 0 Å². The lowest BCUT2D eigenvalue weighted by Gasteiger charge is -2.11. The fourth-order valence-corrected chi connectivity index (χ4v) is 2.13. The lowest BCUT2D eigenvalue weighted by molar-refractivity contribution is -0.116. The van der Waals surface area contributed by atoms with Gasteiger partial charge in [0.05, 0.1) is 12.2 Å². The fraction of sp³-hybridized carbons (Fsp3) is 0.300. The Bertz CT molecular complexity index is 340. The van der Waals surface area contributed by atoms with Gasteiger partial charge in [0.15, 0.2) is 0 Å². The lowest BCUT2D eigenvalue weighted by atomic mass is 10.1. The first-order valence-corrected chi connectivity index (χ1v) is 5.09. The van der Waals surface area contributed by atoms with Gasteiger partial charge in [0.1, 0.15) is 0 Å². The molecule has 1 rings (SSSR count). The van der Waals surface area contributed by atoms with Crippen LogP contribution in [0.15, 0.2) is 16.6 Å². The Morgan fingerprint density at radius 2 is 2.14 bits per heavy atom. The van der Waals surface area contributed by atoms with E-state index >= 15 is 0 Å². The van der Waals surface area contributed by atoms with Crippen molar-refractivity contribution in [1.82, 2.24) is 0 Å². The van der Waals surface area contributed by atoms with Crippen LogP contribution in [0.3, 0.4) is 0 Å². The van der Waals surface area contributed by atoms with Crippen LogP contribution in [0.25, 0.3) is 0 Å². The van der Waals surface area contributed by atoms with E-state index in [-0.39, 0.29) is 12.5 Å². The maximum atomic E-state index is 10.6. The molecule has 0 bridgehead atoms. The predicted octanol–water partition coefficient (Wildman–Crippen LogP) is 1.96. The van der Waals surface area contributed by atoms with E-state index in [0.717, 1.165) is 15.7 Å². The molecule has 0 unspecified atom stereocenters. The van der Waals surface area contributed by atoms with Gasteiger partial charge in [-0.2, -0.15) is 0 Å². The molecule has 0 heterocycles. The number of carbonyl (C=O) groups is 1. The second-order valence-electron chi connectivity index (χ2n) is 3.26. The van der Waals surface area contributed by atoms with Gasteiger partial charge in [-0.15, -0.1) is 0 Å². The van der Waals surface area contributed by atoms with Gasteiger partial charge in [-0.25, -0.2) is 0 Å². The van der Waals surface area contributed by atoms with E-state index in [1.807, 2.05) is 26.0 Å². The molecule has 0 aliphatic carbocycles. The molecule has 0 aliphatic rings. The highest BCUT2D eigenvalue weighted by Gasteiger charge is 2.04. The van der Waals surface area contributed by atoms with Crippen LogP contribution in [0, 0.1) is 13.8 Å². The smallest absolute Gasteiger partial charge is 0.236 e. The minimum absolute atomic E-state index is 0.155. The molecular weight excluding hydrogens is 244 g/mol. The van der Waals surface area contributed by atoms with Gasteiger partial charge in [-0.05, 0) is 47.0 Å². The summed E-state index contributed by atoms with van der Waals surface area (Å²) in [5, 5.41) is 2.99. The number of aryl methyl sites for hydroxylation is 2. The summed E-state index contributed by atoms with van der Waals surface area (Å²) >= 11 is 3.43. The molecule has 1 amide bonds. The highest BCUT2D eigenvalue weighted by atomic mass is 79.9. The molecule has 0 aromatic heterocycles. The molecule has 0 radical (unpaired) electrons. The number of hydrogen-bond acceptors (Lipinski definition) is 2. The second-order valence-corrected chi connectivity index (χ2v) is 4.11. The van der Waals surface area contributed by atoms with Crippen LogP contribution in [0.5, 0.6) is 0 Å². The van der Waals surface area contributed by atoms with Crippen LogP contribution in [0.2, 0.25) is 0 Å². The van der Waals surface area contributed by atoms with E-state index in [2.05, 4.69) is 21.2 Å². The number of primary amides is 1. The molecule has 3 nitrogen and oxygen atoms in total. The largest absolute Gasteiger partial charge is 0.375 e. The maximum absolute atomic E-state index is 10.6. The highest BCUT2D eigenvalue weighted by Crippen LogP contribution is 2.27. The van der Waals surface area contributed by atoms with Crippen LogP contribution in [0.1, 0.15) is 11.1 Å². The summed E-state index contributed by atoms with van der Waals surface area (Å²) in [6, 6.07) is 4.05. The fourth-order valence-electron chi connectivity index (χ4n) is 1.32. The first kappa shape index (κ1) is 11.0. The van der Waals surface area contributed by atoms with Crippen LogP contribution < -0.4 is 11.1 Å². The van der Waals surface area contributed by atoms with Crippen molar-refractivity contribution in [3.8, 4) is 0 Å². The number of nitrogens with two attached hydrogens (primary N) is 1. The zero-order chi connectivity index (χ0) is 10.7. The van der Waals surface area contributed by atoms with Crippen LogP contribution >= 0.6 is 15.9 Å². The summed E-state index contributed by atoms with van der Waals surface area (Å²) < 4.78 is 0.955. The monoisotopic (exact) mass is 256 g/mol. The van der Waals surface area contributed by atoms with Gasteiger partial charge in [0.2, 0.25) is 5.91 Å². The summed E-state index contributed by atoms with van der Waals surface area (Å²) in [7, 11) is 0. The molecule has 0 fully saturated rings.